The number of hydrogen-bond acceptors (Lipinski definition) is 6. The van der Waals surface area contributed by atoms with Gasteiger partial charge in [-0.05, 0) is 49.2 Å². The van der Waals surface area contributed by atoms with Crippen LogP contribution in [0.1, 0.15) is 12.0 Å². The molecule has 11 heteroatoms. The van der Waals surface area contributed by atoms with Gasteiger partial charge in [0.15, 0.2) is 0 Å². The molecule has 144 valence electrons. The van der Waals surface area contributed by atoms with E-state index in [1.165, 1.54) is 10.4 Å². The van der Waals surface area contributed by atoms with E-state index in [1.54, 1.807) is 19.1 Å². The average Bonchev–Trinajstić information content (AvgIpc) is 2.96. The van der Waals surface area contributed by atoms with Crippen LogP contribution in [0.3, 0.4) is 0 Å². The minimum absolute atomic E-state index is 0.0978. The number of non-ortho nitro benzene ring substituents is 1. The molecule has 1 N–H and O–H groups in total. The number of nitro benzene ring substituents is 1. The number of aryl methyl sites for hydroxylation is 1. The Kier molecular flexibility index (Phi) is 4.82. The number of nitro groups is 1. The Morgan fingerprint density at radius 1 is 1.15 bits per heavy atom. The third-order valence-corrected chi connectivity index (χ3v) is 7.45. The summed E-state index contributed by atoms with van der Waals surface area (Å²) < 4.78 is 52.8. The summed E-state index contributed by atoms with van der Waals surface area (Å²) in [5.41, 5.74) is 1.14. The van der Waals surface area contributed by atoms with Gasteiger partial charge in [0.1, 0.15) is 0 Å². The van der Waals surface area contributed by atoms with E-state index in [0.29, 0.717) is 29.9 Å². The number of hydrogen-bond donors (Lipinski definition) is 1. The second-order valence-electron chi connectivity index (χ2n) is 6.10. The van der Waals surface area contributed by atoms with Crippen LogP contribution in [0.15, 0.2) is 47.4 Å². The van der Waals surface area contributed by atoms with Crippen LogP contribution in [0.25, 0.3) is 0 Å². The molecule has 2 aromatic carbocycles. The molecule has 0 unspecified atom stereocenters. The fourth-order valence-electron chi connectivity index (χ4n) is 2.80. The van der Waals surface area contributed by atoms with Crippen molar-refractivity contribution in [1.82, 2.24) is 0 Å². The Balaban J connectivity index is 1.85. The van der Waals surface area contributed by atoms with Crippen LogP contribution in [0.4, 0.5) is 17.1 Å². The van der Waals surface area contributed by atoms with Crippen molar-refractivity contribution in [2.24, 2.45) is 0 Å². The molecule has 0 aliphatic carbocycles. The van der Waals surface area contributed by atoms with Gasteiger partial charge >= 0.3 is 0 Å². The van der Waals surface area contributed by atoms with Crippen LogP contribution < -0.4 is 9.03 Å². The summed E-state index contributed by atoms with van der Waals surface area (Å²) in [6, 6.07) is 9.19. The van der Waals surface area contributed by atoms with Crippen LogP contribution in [-0.4, -0.2) is 34.1 Å². The minimum atomic E-state index is -3.94. The van der Waals surface area contributed by atoms with Crippen molar-refractivity contribution in [1.29, 1.82) is 0 Å². The Hall–Kier alpha value is -2.66. The molecule has 9 nitrogen and oxygen atoms in total. The maximum atomic E-state index is 12.5. The van der Waals surface area contributed by atoms with E-state index >= 15 is 0 Å². The Morgan fingerprint density at radius 2 is 1.81 bits per heavy atom. The number of sulfonamides is 2. The molecule has 1 aliphatic heterocycles. The van der Waals surface area contributed by atoms with Gasteiger partial charge in [0, 0.05) is 18.7 Å². The van der Waals surface area contributed by atoms with E-state index in [4.69, 9.17) is 0 Å². The van der Waals surface area contributed by atoms with E-state index in [9.17, 15) is 26.9 Å². The molecule has 1 heterocycles. The van der Waals surface area contributed by atoms with Crippen molar-refractivity contribution in [2.75, 3.05) is 21.3 Å². The van der Waals surface area contributed by atoms with E-state index in [1.807, 2.05) is 0 Å². The standard InChI is InChI=1S/C16H17N3O6S2/c1-12-11-14(18-9-2-10-26(18,22)23)5-8-16(12)17-27(24,25)15-6-3-13(4-7-15)19(20)21/h3-8,11,17H,2,9-10H2,1H3. The molecule has 27 heavy (non-hydrogen) atoms. The topological polar surface area (TPSA) is 127 Å². The summed E-state index contributed by atoms with van der Waals surface area (Å²) in [6.45, 7) is 2.07. The van der Waals surface area contributed by atoms with Crippen LogP contribution in [0, 0.1) is 17.0 Å². The highest BCUT2D eigenvalue weighted by molar-refractivity contribution is 7.93. The summed E-state index contributed by atoms with van der Waals surface area (Å²) in [4.78, 5) is 9.95. The number of benzene rings is 2. The molecule has 0 saturated carbocycles. The summed E-state index contributed by atoms with van der Waals surface area (Å²) in [5, 5.41) is 10.7. The van der Waals surface area contributed by atoms with Crippen molar-refractivity contribution in [3.05, 3.63) is 58.1 Å². The monoisotopic (exact) mass is 411 g/mol. The van der Waals surface area contributed by atoms with Gasteiger partial charge in [-0.15, -0.1) is 0 Å². The lowest BCUT2D eigenvalue weighted by Crippen LogP contribution is -2.25. The largest absolute Gasteiger partial charge is 0.279 e. The van der Waals surface area contributed by atoms with Crippen molar-refractivity contribution in [3.8, 4) is 0 Å². The quantitative estimate of drug-likeness (QED) is 0.594. The lowest BCUT2D eigenvalue weighted by Gasteiger charge is -2.19. The third kappa shape index (κ3) is 3.88. The lowest BCUT2D eigenvalue weighted by atomic mass is 10.2. The maximum absolute atomic E-state index is 12.5. The second kappa shape index (κ2) is 6.82. The zero-order valence-electron chi connectivity index (χ0n) is 14.3. The molecule has 1 saturated heterocycles. The van der Waals surface area contributed by atoms with Crippen molar-refractivity contribution < 1.29 is 21.8 Å². The average molecular weight is 411 g/mol. The SMILES string of the molecule is Cc1cc(N2CCCS2(=O)=O)ccc1NS(=O)(=O)c1ccc([N+](=O)[O-])cc1. The number of nitrogens with zero attached hydrogens (tertiary/aromatic N) is 2. The highest BCUT2D eigenvalue weighted by Crippen LogP contribution is 2.29. The molecular formula is C16H17N3O6S2. The summed E-state index contributed by atoms with van der Waals surface area (Å²) in [5.74, 6) is 0.0978. The smallest absolute Gasteiger partial charge is 0.269 e. The molecular weight excluding hydrogens is 394 g/mol. The number of nitrogens with one attached hydrogen (secondary N) is 1. The minimum Gasteiger partial charge on any atom is -0.279 e. The summed E-state index contributed by atoms with van der Waals surface area (Å²) in [7, 11) is -7.26. The van der Waals surface area contributed by atoms with Gasteiger partial charge in [-0.3, -0.25) is 19.1 Å². The molecule has 0 spiro atoms. The predicted molar refractivity (Wildman–Crippen MR) is 101 cm³/mol. The molecule has 1 aliphatic rings. The van der Waals surface area contributed by atoms with Gasteiger partial charge in [-0.25, -0.2) is 16.8 Å². The summed E-state index contributed by atoms with van der Waals surface area (Å²) in [6.07, 6.45) is 0.551. The number of anilines is 2. The maximum Gasteiger partial charge on any atom is 0.269 e. The van der Waals surface area contributed by atoms with E-state index in [0.717, 1.165) is 24.3 Å². The molecule has 0 atom stereocenters. The van der Waals surface area contributed by atoms with Gasteiger partial charge in [0.25, 0.3) is 15.7 Å². The first kappa shape index (κ1) is 19.1. The third-order valence-electron chi connectivity index (χ3n) is 4.20. The van der Waals surface area contributed by atoms with Gasteiger partial charge in [-0.2, -0.15) is 0 Å². The molecule has 0 radical (unpaired) electrons. The molecule has 2 aromatic rings. The summed E-state index contributed by atoms with van der Waals surface area (Å²) >= 11 is 0. The molecule has 0 aromatic heterocycles. The highest BCUT2D eigenvalue weighted by Gasteiger charge is 2.28. The van der Waals surface area contributed by atoms with Crippen molar-refractivity contribution >= 4 is 37.1 Å². The first-order valence-electron chi connectivity index (χ1n) is 7.98. The van der Waals surface area contributed by atoms with Gasteiger partial charge in [0.05, 0.1) is 26.9 Å². The Bertz CT molecular complexity index is 1100. The predicted octanol–water partition coefficient (Wildman–Crippen LogP) is 2.24. The highest BCUT2D eigenvalue weighted by atomic mass is 32.2. The van der Waals surface area contributed by atoms with Gasteiger partial charge < -0.3 is 0 Å². The molecule has 3 rings (SSSR count). The molecule has 0 bridgehead atoms. The Labute approximate surface area is 156 Å². The van der Waals surface area contributed by atoms with Crippen LogP contribution in [-0.2, 0) is 20.0 Å². The van der Waals surface area contributed by atoms with E-state index in [2.05, 4.69) is 4.72 Å². The first-order chi connectivity index (χ1) is 12.6. The van der Waals surface area contributed by atoms with Gasteiger partial charge in [-0.1, -0.05) is 0 Å². The zero-order chi connectivity index (χ0) is 19.8. The first-order valence-corrected chi connectivity index (χ1v) is 11.1. The number of rotatable bonds is 5. The van der Waals surface area contributed by atoms with Crippen LogP contribution >= 0.6 is 0 Å². The Morgan fingerprint density at radius 3 is 2.33 bits per heavy atom. The fraction of sp³-hybridized carbons (Fsp3) is 0.250. The zero-order valence-corrected chi connectivity index (χ0v) is 16.0. The lowest BCUT2D eigenvalue weighted by molar-refractivity contribution is -0.384. The van der Waals surface area contributed by atoms with E-state index < -0.39 is 25.0 Å². The van der Waals surface area contributed by atoms with Crippen molar-refractivity contribution in [2.45, 2.75) is 18.2 Å². The van der Waals surface area contributed by atoms with Crippen LogP contribution in [0.5, 0.6) is 0 Å². The normalized spacial score (nSPS) is 16.3. The van der Waals surface area contributed by atoms with Gasteiger partial charge in [0.2, 0.25) is 10.0 Å². The van der Waals surface area contributed by atoms with Crippen LogP contribution in [0.2, 0.25) is 0 Å². The molecule has 0 amide bonds. The second-order valence-corrected chi connectivity index (χ2v) is 9.79. The fourth-order valence-corrected chi connectivity index (χ4v) is 5.48. The van der Waals surface area contributed by atoms with Crippen molar-refractivity contribution in [3.63, 3.8) is 0 Å². The molecule has 1 fully saturated rings. The van der Waals surface area contributed by atoms with E-state index in [-0.39, 0.29) is 16.3 Å².